The Balaban J connectivity index is 1.45. The van der Waals surface area contributed by atoms with Crippen LogP contribution in [0.2, 0.25) is 0 Å². The molecule has 0 aromatic carbocycles. The van der Waals surface area contributed by atoms with E-state index >= 15 is 0 Å². The van der Waals surface area contributed by atoms with E-state index in [9.17, 15) is 4.79 Å². The van der Waals surface area contributed by atoms with Crippen LogP contribution in [0.1, 0.15) is 38.5 Å². The van der Waals surface area contributed by atoms with E-state index in [1.54, 1.807) is 0 Å². The SMILES string of the molecule is O=C(NC1CCCOCC1)N1CCC(C2CCOCC2)C1. The molecule has 0 aromatic heterocycles. The Kier molecular flexibility index (Phi) is 5.36. The fraction of sp³-hybridized carbons (Fsp3) is 0.938. The van der Waals surface area contributed by atoms with Crippen LogP contribution >= 0.6 is 0 Å². The number of ether oxygens (including phenoxy) is 2. The lowest BCUT2D eigenvalue weighted by Crippen LogP contribution is -2.44. The van der Waals surface area contributed by atoms with E-state index in [1.807, 2.05) is 4.90 Å². The largest absolute Gasteiger partial charge is 0.381 e. The number of rotatable bonds is 2. The van der Waals surface area contributed by atoms with Crippen molar-refractivity contribution in [2.45, 2.75) is 44.6 Å². The van der Waals surface area contributed by atoms with Crippen LogP contribution in [0.25, 0.3) is 0 Å². The van der Waals surface area contributed by atoms with Gasteiger partial charge in [-0.2, -0.15) is 0 Å². The smallest absolute Gasteiger partial charge is 0.317 e. The summed E-state index contributed by atoms with van der Waals surface area (Å²) in [6.45, 7) is 5.25. The van der Waals surface area contributed by atoms with Crippen LogP contribution in [0.4, 0.5) is 4.79 Å². The molecule has 2 unspecified atom stereocenters. The van der Waals surface area contributed by atoms with Gasteiger partial charge >= 0.3 is 6.03 Å². The number of hydrogen-bond acceptors (Lipinski definition) is 3. The van der Waals surface area contributed by atoms with Gasteiger partial charge in [0.05, 0.1) is 0 Å². The third kappa shape index (κ3) is 4.10. The molecule has 3 fully saturated rings. The summed E-state index contributed by atoms with van der Waals surface area (Å²) in [5, 5.41) is 3.21. The highest BCUT2D eigenvalue weighted by atomic mass is 16.5. The molecule has 0 radical (unpaired) electrons. The third-order valence-electron chi connectivity index (χ3n) is 5.22. The summed E-state index contributed by atoms with van der Waals surface area (Å²) in [6.07, 6.45) is 6.54. The molecule has 3 rings (SSSR count). The van der Waals surface area contributed by atoms with Crippen molar-refractivity contribution in [3.63, 3.8) is 0 Å². The van der Waals surface area contributed by atoms with Crippen molar-refractivity contribution in [2.75, 3.05) is 39.5 Å². The minimum Gasteiger partial charge on any atom is -0.381 e. The molecule has 0 aromatic rings. The molecule has 0 bridgehead atoms. The molecule has 3 aliphatic rings. The molecule has 0 saturated carbocycles. The Morgan fingerprint density at radius 3 is 2.52 bits per heavy atom. The van der Waals surface area contributed by atoms with Crippen molar-refractivity contribution >= 4 is 6.03 Å². The first-order chi connectivity index (χ1) is 10.3. The lowest BCUT2D eigenvalue weighted by molar-refractivity contribution is 0.0484. The van der Waals surface area contributed by atoms with Gasteiger partial charge in [0, 0.05) is 45.6 Å². The number of nitrogens with one attached hydrogen (secondary N) is 1. The van der Waals surface area contributed by atoms with E-state index in [-0.39, 0.29) is 6.03 Å². The van der Waals surface area contributed by atoms with E-state index < -0.39 is 0 Å². The normalized spacial score (nSPS) is 31.9. The summed E-state index contributed by atoms with van der Waals surface area (Å²) in [5.74, 6) is 1.43. The third-order valence-corrected chi connectivity index (χ3v) is 5.22. The fourth-order valence-corrected chi connectivity index (χ4v) is 3.86. The summed E-state index contributed by atoms with van der Waals surface area (Å²) < 4.78 is 10.9. The van der Waals surface area contributed by atoms with Crippen LogP contribution in [-0.2, 0) is 9.47 Å². The van der Waals surface area contributed by atoms with Gasteiger partial charge in [0.2, 0.25) is 0 Å². The fourth-order valence-electron chi connectivity index (χ4n) is 3.86. The van der Waals surface area contributed by atoms with Gasteiger partial charge in [-0.25, -0.2) is 4.79 Å². The average Bonchev–Trinajstić information content (AvgIpc) is 2.88. The predicted octanol–water partition coefficient (Wildman–Crippen LogP) is 2.01. The number of carbonyl (C=O) groups excluding carboxylic acids is 1. The molecular formula is C16H28N2O3. The zero-order chi connectivity index (χ0) is 14.5. The number of likely N-dealkylation sites (tertiary alicyclic amines) is 1. The van der Waals surface area contributed by atoms with Gasteiger partial charge in [0.25, 0.3) is 0 Å². The molecular weight excluding hydrogens is 268 g/mol. The Morgan fingerprint density at radius 2 is 1.67 bits per heavy atom. The maximum atomic E-state index is 12.4. The van der Waals surface area contributed by atoms with E-state index in [0.29, 0.717) is 12.0 Å². The van der Waals surface area contributed by atoms with E-state index in [0.717, 1.165) is 71.1 Å². The lowest BCUT2D eigenvalue weighted by atomic mass is 9.85. The van der Waals surface area contributed by atoms with Crippen molar-refractivity contribution in [1.82, 2.24) is 10.2 Å². The Hall–Kier alpha value is -0.810. The Bertz CT molecular complexity index is 336. The summed E-state index contributed by atoms with van der Waals surface area (Å²) in [4.78, 5) is 14.4. The van der Waals surface area contributed by atoms with Crippen molar-refractivity contribution in [3.05, 3.63) is 0 Å². The molecule has 3 heterocycles. The molecule has 120 valence electrons. The molecule has 2 atom stereocenters. The van der Waals surface area contributed by atoms with Gasteiger partial charge in [-0.3, -0.25) is 0 Å². The number of amides is 2. The Labute approximate surface area is 127 Å². The maximum Gasteiger partial charge on any atom is 0.317 e. The first-order valence-electron chi connectivity index (χ1n) is 8.54. The number of hydrogen-bond donors (Lipinski definition) is 1. The van der Waals surface area contributed by atoms with Crippen molar-refractivity contribution in [1.29, 1.82) is 0 Å². The van der Waals surface area contributed by atoms with Gasteiger partial charge in [-0.15, -0.1) is 0 Å². The zero-order valence-corrected chi connectivity index (χ0v) is 12.9. The molecule has 1 N–H and O–H groups in total. The van der Waals surface area contributed by atoms with Crippen LogP contribution in [0.15, 0.2) is 0 Å². The average molecular weight is 296 g/mol. The molecule has 3 aliphatic heterocycles. The summed E-state index contributed by atoms with van der Waals surface area (Å²) in [6, 6.07) is 0.429. The zero-order valence-electron chi connectivity index (χ0n) is 12.9. The monoisotopic (exact) mass is 296 g/mol. The van der Waals surface area contributed by atoms with E-state index in [2.05, 4.69) is 5.32 Å². The van der Waals surface area contributed by atoms with Gasteiger partial charge in [0.1, 0.15) is 0 Å². The van der Waals surface area contributed by atoms with Gasteiger partial charge < -0.3 is 19.7 Å². The quantitative estimate of drug-likeness (QED) is 0.848. The maximum absolute atomic E-state index is 12.4. The van der Waals surface area contributed by atoms with Crippen LogP contribution in [-0.4, -0.2) is 56.5 Å². The van der Waals surface area contributed by atoms with Crippen LogP contribution < -0.4 is 5.32 Å². The topological polar surface area (TPSA) is 50.8 Å². The van der Waals surface area contributed by atoms with Crippen molar-refractivity contribution in [2.24, 2.45) is 11.8 Å². The molecule has 3 saturated heterocycles. The van der Waals surface area contributed by atoms with E-state index in [4.69, 9.17) is 9.47 Å². The minimum absolute atomic E-state index is 0.136. The van der Waals surface area contributed by atoms with Gasteiger partial charge in [-0.05, 0) is 50.4 Å². The molecule has 5 nitrogen and oxygen atoms in total. The molecule has 0 aliphatic carbocycles. The summed E-state index contributed by atoms with van der Waals surface area (Å²) in [5.41, 5.74) is 0. The van der Waals surface area contributed by atoms with Crippen molar-refractivity contribution < 1.29 is 14.3 Å². The highest BCUT2D eigenvalue weighted by Crippen LogP contribution is 2.31. The first-order valence-corrected chi connectivity index (χ1v) is 8.54. The summed E-state index contributed by atoms with van der Waals surface area (Å²) >= 11 is 0. The first kappa shape index (κ1) is 15.1. The lowest BCUT2D eigenvalue weighted by Gasteiger charge is -2.28. The second-order valence-electron chi connectivity index (χ2n) is 6.63. The number of nitrogens with zero attached hydrogens (tertiary/aromatic N) is 1. The van der Waals surface area contributed by atoms with Gasteiger partial charge in [0.15, 0.2) is 0 Å². The second-order valence-corrected chi connectivity index (χ2v) is 6.63. The Morgan fingerprint density at radius 1 is 0.905 bits per heavy atom. The highest BCUT2D eigenvalue weighted by Gasteiger charge is 2.33. The number of urea groups is 1. The van der Waals surface area contributed by atoms with E-state index in [1.165, 1.54) is 12.8 Å². The number of carbonyl (C=O) groups is 1. The standard InChI is InChI=1S/C16H28N2O3/c19-16(17-15-2-1-8-20-11-6-15)18-7-3-14(12-18)13-4-9-21-10-5-13/h13-15H,1-12H2,(H,17,19). The second kappa shape index (κ2) is 7.45. The van der Waals surface area contributed by atoms with Crippen molar-refractivity contribution in [3.8, 4) is 0 Å². The molecule has 5 heteroatoms. The van der Waals surface area contributed by atoms with Crippen LogP contribution in [0.3, 0.4) is 0 Å². The minimum atomic E-state index is 0.136. The highest BCUT2D eigenvalue weighted by molar-refractivity contribution is 5.74. The van der Waals surface area contributed by atoms with Gasteiger partial charge in [-0.1, -0.05) is 0 Å². The molecule has 2 amide bonds. The molecule has 0 spiro atoms. The predicted molar refractivity (Wildman–Crippen MR) is 80.2 cm³/mol. The molecule has 21 heavy (non-hydrogen) atoms. The summed E-state index contributed by atoms with van der Waals surface area (Å²) in [7, 11) is 0. The van der Waals surface area contributed by atoms with Crippen LogP contribution in [0, 0.1) is 11.8 Å². The van der Waals surface area contributed by atoms with Crippen LogP contribution in [0.5, 0.6) is 0 Å².